The van der Waals surface area contributed by atoms with Crippen molar-refractivity contribution in [1.82, 2.24) is 15.5 Å². The van der Waals surface area contributed by atoms with E-state index in [1.165, 1.54) is 0 Å². The molecule has 2 aliphatic heterocycles. The predicted molar refractivity (Wildman–Crippen MR) is 140 cm³/mol. The third-order valence-electron chi connectivity index (χ3n) is 7.60. The predicted octanol–water partition coefficient (Wildman–Crippen LogP) is 4.17. The maximum absolute atomic E-state index is 13.3. The van der Waals surface area contributed by atoms with E-state index in [1.807, 2.05) is 36.2 Å². The zero-order valence-electron chi connectivity index (χ0n) is 21.4. The number of benzene rings is 1. The van der Waals surface area contributed by atoms with Gasteiger partial charge < -0.3 is 30.1 Å². The van der Waals surface area contributed by atoms with Gasteiger partial charge in [0, 0.05) is 63.5 Å². The SMILES string of the molecule is CNC[C@H](CC1CCOCC1)NC(=O)N1CCC[C@@H]([C@@](O)(CCCCOC)c2cccc(Cl)c2)C1. The standard InChI is InChI=1S/C27H44ClN3O4/c1-29-19-25(17-21-10-15-35-16-11-21)30-26(32)31-13-6-8-23(20-31)27(33,12-3-4-14-34-2)22-7-5-9-24(28)18-22/h5,7,9,18,21,23,25,29,33H,3-4,6,8,10-17,19-20H2,1-2H3,(H,30,32)/t23-,25+,27-/m1/s1. The van der Waals surface area contributed by atoms with Crippen LogP contribution in [0.4, 0.5) is 4.79 Å². The smallest absolute Gasteiger partial charge is 0.317 e. The second-order valence-corrected chi connectivity index (χ2v) is 10.6. The summed E-state index contributed by atoms with van der Waals surface area (Å²) < 4.78 is 10.7. The Balaban J connectivity index is 1.67. The van der Waals surface area contributed by atoms with Gasteiger partial charge in [0.1, 0.15) is 0 Å². The minimum absolute atomic E-state index is 0.0326. The molecule has 35 heavy (non-hydrogen) atoms. The number of hydrogen-bond acceptors (Lipinski definition) is 5. The van der Waals surface area contributed by atoms with Crippen LogP contribution in [0, 0.1) is 11.8 Å². The number of nitrogens with zero attached hydrogens (tertiary/aromatic N) is 1. The highest BCUT2D eigenvalue weighted by Gasteiger charge is 2.41. The van der Waals surface area contributed by atoms with Crippen molar-refractivity contribution >= 4 is 17.6 Å². The van der Waals surface area contributed by atoms with E-state index >= 15 is 0 Å². The van der Waals surface area contributed by atoms with Crippen molar-refractivity contribution in [3.05, 3.63) is 34.9 Å². The van der Waals surface area contributed by atoms with Crippen molar-refractivity contribution in [2.75, 3.05) is 53.6 Å². The first-order valence-electron chi connectivity index (χ1n) is 13.2. The van der Waals surface area contributed by atoms with E-state index in [0.29, 0.717) is 37.1 Å². The molecule has 1 aromatic rings. The Morgan fingerprint density at radius 1 is 1.31 bits per heavy atom. The number of carbonyl (C=O) groups excluding carboxylic acids is 1. The third-order valence-corrected chi connectivity index (χ3v) is 7.84. The Morgan fingerprint density at radius 3 is 2.83 bits per heavy atom. The van der Waals surface area contributed by atoms with E-state index in [2.05, 4.69) is 10.6 Å². The number of unbranched alkanes of at least 4 members (excludes halogenated alkanes) is 1. The minimum Gasteiger partial charge on any atom is -0.385 e. The zero-order valence-corrected chi connectivity index (χ0v) is 22.2. The maximum Gasteiger partial charge on any atom is 0.317 e. The third kappa shape index (κ3) is 8.32. The number of likely N-dealkylation sites (tertiary alicyclic amines) is 1. The zero-order chi connectivity index (χ0) is 25.1. The number of amides is 2. The fourth-order valence-corrected chi connectivity index (χ4v) is 5.81. The average Bonchev–Trinajstić information content (AvgIpc) is 2.87. The van der Waals surface area contributed by atoms with Crippen molar-refractivity contribution in [3.8, 4) is 0 Å². The first-order chi connectivity index (χ1) is 17.0. The van der Waals surface area contributed by atoms with Crippen molar-refractivity contribution in [3.63, 3.8) is 0 Å². The second-order valence-electron chi connectivity index (χ2n) is 10.2. The molecule has 8 heteroatoms. The summed E-state index contributed by atoms with van der Waals surface area (Å²) in [6.07, 6.45) is 7.15. The van der Waals surface area contributed by atoms with Gasteiger partial charge in [0.15, 0.2) is 0 Å². The number of likely N-dealkylation sites (N-methyl/N-ethyl adjacent to an activating group) is 1. The average molecular weight is 510 g/mol. The van der Waals surface area contributed by atoms with E-state index in [9.17, 15) is 9.90 Å². The van der Waals surface area contributed by atoms with E-state index < -0.39 is 5.60 Å². The summed E-state index contributed by atoms with van der Waals surface area (Å²) in [6.45, 7) is 4.28. The number of piperidine rings is 1. The van der Waals surface area contributed by atoms with Crippen LogP contribution in [0.15, 0.2) is 24.3 Å². The molecule has 2 aliphatic rings. The molecule has 3 atom stereocenters. The van der Waals surface area contributed by atoms with Gasteiger partial charge in [-0.15, -0.1) is 0 Å². The molecule has 2 saturated heterocycles. The normalized spacial score (nSPS) is 21.9. The molecule has 198 valence electrons. The van der Waals surface area contributed by atoms with Gasteiger partial charge in [-0.3, -0.25) is 0 Å². The van der Waals surface area contributed by atoms with Crippen molar-refractivity contribution in [2.24, 2.45) is 11.8 Å². The van der Waals surface area contributed by atoms with Gasteiger partial charge in [0.05, 0.1) is 5.60 Å². The van der Waals surface area contributed by atoms with Gasteiger partial charge in [0.25, 0.3) is 0 Å². The largest absolute Gasteiger partial charge is 0.385 e. The molecular formula is C27H44ClN3O4. The summed E-state index contributed by atoms with van der Waals surface area (Å²) in [7, 11) is 3.62. The van der Waals surface area contributed by atoms with Gasteiger partial charge in [-0.2, -0.15) is 0 Å². The minimum atomic E-state index is -1.04. The Hall–Kier alpha value is -1.38. The van der Waals surface area contributed by atoms with Crippen LogP contribution in [0.1, 0.15) is 56.9 Å². The molecule has 0 radical (unpaired) electrons. The van der Waals surface area contributed by atoms with E-state index in [-0.39, 0.29) is 18.0 Å². The van der Waals surface area contributed by atoms with Gasteiger partial charge in [-0.05, 0) is 82.0 Å². The van der Waals surface area contributed by atoms with Crippen molar-refractivity contribution in [1.29, 1.82) is 0 Å². The molecule has 0 saturated carbocycles. The summed E-state index contributed by atoms with van der Waals surface area (Å²) in [6, 6.07) is 7.60. The lowest BCUT2D eigenvalue weighted by atomic mass is 9.74. The van der Waals surface area contributed by atoms with Crippen LogP contribution in [-0.2, 0) is 15.1 Å². The first kappa shape index (κ1) is 28.2. The highest BCUT2D eigenvalue weighted by molar-refractivity contribution is 6.30. The number of urea groups is 1. The van der Waals surface area contributed by atoms with Crippen molar-refractivity contribution in [2.45, 2.75) is 63.0 Å². The van der Waals surface area contributed by atoms with Gasteiger partial charge >= 0.3 is 6.03 Å². The molecule has 1 aromatic carbocycles. The van der Waals surface area contributed by atoms with Crippen LogP contribution in [0.25, 0.3) is 0 Å². The summed E-state index contributed by atoms with van der Waals surface area (Å²) >= 11 is 6.30. The summed E-state index contributed by atoms with van der Waals surface area (Å²) in [5, 5.41) is 19.2. The van der Waals surface area contributed by atoms with Crippen molar-refractivity contribution < 1.29 is 19.4 Å². The molecule has 2 fully saturated rings. The lowest BCUT2D eigenvalue weighted by molar-refractivity contribution is -0.0564. The highest BCUT2D eigenvalue weighted by Crippen LogP contribution is 2.40. The lowest BCUT2D eigenvalue weighted by Crippen LogP contribution is -2.54. The van der Waals surface area contributed by atoms with Crippen LogP contribution < -0.4 is 10.6 Å². The number of methoxy groups -OCH3 is 1. The lowest BCUT2D eigenvalue weighted by Gasteiger charge is -2.43. The van der Waals surface area contributed by atoms with E-state index in [4.69, 9.17) is 21.1 Å². The molecule has 0 aliphatic carbocycles. The maximum atomic E-state index is 13.3. The number of nitrogens with one attached hydrogen (secondary N) is 2. The number of halogens is 1. The van der Waals surface area contributed by atoms with Crippen LogP contribution >= 0.6 is 11.6 Å². The summed E-state index contributed by atoms with van der Waals surface area (Å²) in [5.41, 5.74) is -0.202. The van der Waals surface area contributed by atoms with Gasteiger partial charge in [-0.25, -0.2) is 4.79 Å². The molecule has 7 nitrogen and oxygen atoms in total. The van der Waals surface area contributed by atoms with Crippen LogP contribution in [-0.4, -0.2) is 75.7 Å². The van der Waals surface area contributed by atoms with Crippen LogP contribution in [0.3, 0.4) is 0 Å². The first-order valence-corrected chi connectivity index (χ1v) is 13.6. The van der Waals surface area contributed by atoms with Crippen LogP contribution in [0.2, 0.25) is 5.02 Å². The molecule has 0 unspecified atom stereocenters. The van der Waals surface area contributed by atoms with E-state index in [0.717, 1.165) is 70.3 Å². The Kier molecular flexibility index (Phi) is 11.6. The Morgan fingerprint density at radius 2 is 2.11 bits per heavy atom. The molecule has 0 spiro atoms. The Bertz CT molecular complexity index is 777. The quantitative estimate of drug-likeness (QED) is 0.368. The van der Waals surface area contributed by atoms with Crippen LogP contribution in [0.5, 0.6) is 0 Å². The molecular weight excluding hydrogens is 466 g/mol. The number of aliphatic hydroxyl groups is 1. The molecule has 0 aromatic heterocycles. The molecule has 2 amide bonds. The number of carbonyl (C=O) groups is 1. The van der Waals surface area contributed by atoms with E-state index in [1.54, 1.807) is 7.11 Å². The molecule has 3 N–H and O–H groups in total. The Labute approximate surface area is 215 Å². The summed E-state index contributed by atoms with van der Waals surface area (Å²) in [4.78, 5) is 15.2. The number of ether oxygens (including phenoxy) is 2. The molecule has 2 heterocycles. The number of hydrogen-bond donors (Lipinski definition) is 3. The highest BCUT2D eigenvalue weighted by atomic mass is 35.5. The fraction of sp³-hybridized carbons (Fsp3) is 0.741. The summed E-state index contributed by atoms with van der Waals surface area (Å²) in [5.74, 6) is 0.526. The topological polar surface area (TPSA) is 83.1 Å². The fourth-order valence-electron chi connectivity index (χ4n) is 5.62. The van der Waals surface area contributed by atoms with Gasteiger partial charge in [0.2, 0.25) is 0 Å². The second kappa shape index (κ2) is 14.4. The number of rotatable bonds is 12. The molecule has 0 bridgehead atoms. The van der Waals surface area contributed by atoms with Gasteiger partial charge in [-0.1, -0.05) is 23.7 Å². The monoisotopic (exact) mass is 509 g/mol. The molecule has 3 rings (SSSR count).